The molecule has 0 aliphatic carbocycles. The Morgan fingerprint density at radius 1 is 1.06 bits per heavy atom. The summed E-state index contributed by atoms with van der Waals surface area (Å²) < 4.78 is 5.96. The number of hydrogen-bond donors (Lipinski definition) is 2. The molecule has 0 saturated carbocycles. The third kappa shape index (κ3) is 4.98. The van der Waals surface area contributed by atoms with Crippen molar-refractivity contribution in [2.45, 2.75) is 33.0 Å². The number of aryl methyl sites for hydroxylation is 2. The minimum absolute atomic E-state index is 0.0133. The Morgan fingerprint density at radius 2 is 1.80 bits per heavy atom. The molecule has 1 unspecified atom stereocenters. The van der Waals surface area contributed by atoms with Gasteiger partial charge in [0, 0.05) is 17.7 Å². The van der Waals surface area contributed by atoms with Gasteiger partial charge in [0.15, 0.2) is 0 Å². The molecular weight excluding hydrogens is 460 g/mol. The number of carboxylic acid groups (broad SMARTS) is 1. The minimum atomic E-state index is -0.852. The minimum Gasteiger partial charge on any atom is -0.481 e. The van der Waals surface area contributed by atoms with E-state index in [1.807, 2.05) is 54.3 Å². The SMILES string of the molecule is Cc1ccc(-c2nc(C)c(C(O)N3COc4ccc(-c5cccc(CC(=O)O)c5)cc4C3)s2)cc1. The van der Waals surface area contributed by atoms with Crippen LogP contribution >= 0.6 is 11.3 Å². The number of aliphatic hydroxyl groups is 1. The molecule has 0 radical (unpaired) electrons. The number of ether oxygens (including phenoxy) is 1. The highest BCUT2D eigenvalue weighted by atomic mass is 32.1. The predicted octanol–water partition coefficient (Wildman–Crippen LogP) is 5.56. The van der Waals surface area contributed by atoms with Crippen LogP contribution in [0.4, 0.5) is 0 Å². The van der Waals surface area contributed by atoms with Crippen LogP contribution in [0.3, 0.4) is 0 Å². The molecule has 1 aliphatic heterocycles. The molecule has 7 heteroatoms. The predicted molar refractivity (Wildman–Crippen MR) is 136 cm³/mol. The van der Waals surface area contributed by atoms with Crippen LogP contribution in [0.5, 0.6) is 5.75 Å². The van der Waals surface area contributed by atoms with Gasteiger partial charge < -0.3 is 14.9 Å². The van der Waals surface area contributed by atoms with Crippen LogP contribution in [-0.2, 0) is 17.8 Å². The summed E-state index contributed by atoms with van der Waals surface area (Å²) in [6, 6.07) is 21.8. The zero-order chi connectivity index (χ0) is 24.5. The highest BCUT2D eigenvalue weighted by Crippen LogP contribution is 2.37. The van der Waals surface area contributed by atoms with Gasteiger partial charge in [0.25, 0.3) is 0 Å². The van der Waals surface area contributed by atoms with Gasteiger partial charge in [-0.05, 0) is 42.7 Å². The molecule has 0 spiro atoms. The van der Waals surface area contributed by atoms with Gasteiger partial charge in [0.05, 0.1) is 17.0 Å². The molecule has 2 heterocycles. The number of aliphatic carboxylic acids is 1. The van der Waals surface area contributed by atoms with E-state index in [4.69, 9.17) is 14.8 Å². The second kappa shape index (κ2) is 9.62. The van der Waals surface area contributed by atoms with Gasteiger partial charge in [-0.3, -0.25) is 4.79 Å². The van der Waals surface area contributed by atoms with Crippen LogP contribution in [0.15, 0.2) is 66.7 Å². The third-order valence-corrected chi connectivity index (χ3v) is 7.39. The van der Waals surface area contributed by atoms with Crippen molar-refractivity contribution >= 4 is 17.3 Å². The summed E-state index contributed by atoms with van der Waals surface area (Å²) in [6.45, 7) is 4.78. The van der Waals surface area contributed by atoms with Crippen molar-refractivity contribution in [2.75, 3.05) is 6.73 Å². The maximum atomic E-state index is 11.2. The van der Waals surface area contributed by atoms with E-state index in [0.717, 1.165) is 49.1 Å². The lowest BCUT2D eigenvalue weighted by Gasteiger charge is -2.32. The molecule has 2 N–H and O–H groups in total. The average Bonchev–Trinajstić information content (AvgIpc) is 3.24. The fourth-order valence-electron chi connectivity index (χ4n) is 4.27. The second-order valence-corrected chi connectivity index (χ2v) is 9.85. The molecule has 0 saturated heterocycles. The van der Waals surface area contributed by atoms with Crippen LogP contribution in [0, 0.1) is 13.8 Å². The normalized spacial score (nSPS) is 14.3. The van der Waals surface area contributed by atoms with Crippen LogP contribution < -0.4 is 4.74 Å². The summed E-state index contributed by atoms with van der Waals surface area (Å²) in [5, 5.41) is 21.2. The van der Waals surface area contributed by atoms with Crippen LogP contribution in [0.25, 0.3) is 21.7 Å². The first-order chi connectivity index (χ1) is 16.9. The van der Waals surface area contributed by atoms with Crippen molar-refractivity contribution in [1.29, 1.82) is 0 Å². The number of benzene rings is 3. The van der Waals surface area contributed by atoms with Gasteiger partial charge in [0.1, 0.15) is 23.7 Å². The standard InChI is InChI=1S/C28H26N2O4S/c1-17-6-8-20(9-7-17)27-29-18(2)26(35-27)28(33)30-15-23-14-22(10-11-24(23)34-16-30)21-5-3-4-19(12-21)13-25(31)32/h3-12,14,28,33H,13,15-16H2,1-2H3,(H,31,32). The van der Waals surface area contributed by atoms with E-state index in [2.05, 4.69) is 31.2 Å². The highest BCUT2D eigenvalue weighted by molar-refractivity contribution is 7.15. The molecule has 3 aromatic carbocycles. The fourth-order valence-corrected chi connectivity index (χ4v) is 5.36. The summed E-state index contributed by atoms with van der Waals surface area (Å²) in [7, 11) is 0. The molecule has 5 rings (SSSR count). The fraction of sp³-hybridized carbons (Fsp3) is 0.214. The topological polar surface area (TPSA) is 82.9 Å². The first-order valence-electron chi connectivity index (χ1n) is 11.4. The number of fused-ring (bicyclic) bond motifs is 1. The number of rotatable bonds is 6. The van der Waals surface area contributed by atoms with E-state index in [-0.39, 0.29) is 13.2 Å². The number of carboxylic acids is 1. The lowest BCUT2D eigenvalue weighted by Crippen LogP contribution is -2.35. The first-order valence-corrected chi connectivity index (χ1v) is 12.2. The maximum absolute atomic E-state index is 11.2. The smallest absolute Gasteiger partial charge is 0.307 e. The van der Waals surface area contributed by atoms with Gasteiger partial charge >= 0.3 is 5.97 Å². The Kier molecular flexibility index (Phi) is 6.38. The molecule has 0 amide bonds. The van der Waals surface area contributed by atoms with Crippen LogP contribution in [0.1, 0.15) is 33.5 Å². The van der Waals surface area contributed by atoms with Crippen molar-refractivity contribution in [3.05, 3.63) is 94.0 Å². The van der Waals surface area contributed by atoms with Crippen LogP contribution in [-0.4, -0.2) is 32.8 Å². The van der Waals surface area contributed by atoms with Crippen molar-refractivity contribution in [1.82, 2.24) is 9.88 Å². The number of aliphatic hydroxyl groups excluding tert-OH is 1. The average molecular weight is 487 g/mol. The molecule has 1 aliphatic rings. The van der Waals surface area contributed by atoms with Gasteiger partial charge in [-0.2, -0.15) is 0 Å². The molecule has 1 atom stereocenters. The van der Waals surface area contributed by atoms with Crippen LogP contribution in [0.2, 0.25) is 0 Å². The molecule has 35 heavy (non-hydrogen) atoms. The summed E-state index contributed by atoms with van der Waals surface area (Å²) in [5.74, 6) is -0.0604. The Labute approximate surface area is 208 Å². The van der Waals surface area contributed by atoms with Gasteiger partial charge in [0.2, 0.25) is 0 Å². The first kappa shape index (κ1) is 23.2. The largest absolute Gasteiger partial charge is 0.481 e. The van der Waals surface area contributed by atoms with Crippen molar-refractivity contribution in [3.63, 3.8) is 0 Å². The molecule has 1 aromatic heterocycles. The molecule has 4 aromatic rings. The molecule has 6 nitrogen and oxygen atoms in total. The molecule has 178 valence electrons. The van der Waals surface area contributed by atoms with Crippen molar-refractivity contribution in [3.8, 4) is 27.4 Å². The quantitative estimate of drug-likeness (QED) is 0.371. The van der Waals surface area contributed by atoms with Gasteiger partial charge in [-0.1, -0.05) is 60.2 Å². The highest BCUT2D eigenvalue weighted by Gasteiger charge is 2.28. The Hall–Kier alpha value is -3.52. The van der Waals surface area contributed by atoms with E-state index < -0.39 is 12.2 Å². The monoisotopic (exact) mass is 486 g/mol. The molecule has 0 bridgehead atoms. The number of thiazole rings is 1. The van der Waals surface area contributed by atoms with Gasteiger partial charge in [-0.15, -0.1) is 11.3 Å². The number of nitrogens with zero attached hydrogens (tertiary/aromatic N) is 2. The lowest BCUT2D eigenvalue weighted by atomic mass is 9.99. The van der Waals surface area contributed by atoms with E-state index in [9.17, 15) is 9.90 Å². The van der Waals surface area contributed by atoms with Crippen molar-refractivity contribution in [2.24, 2.45) is 0 Å². The number of aromatic nitrogens is 1. The number of hydrogen-bond acceptors (Lipinski definition) is 6. The maximum Gasteiger partial charge on any atom is 0.307 e. The number of carbonyl (C=O) groups is 1. The Bertz CT molecular complexity index is 1380. The summed E-state index contributed by atoms with van der Waals surface area (Å²) in [5.41, 5.74) is 6.70. The molecular formula is C28H26N2O4S. The van der Waals surface area contributed by atoms with Gasteiger partial charge in [-0.25, -0.2) is 9.88 Å². The molecule has 0 fully saturated rings. The van der Waals surface area contributed by atoms with E-state index in [1.165, 1.54) is 16.9 Å². The zero-order valence-corrected chi connectivity index (χ0v) is 20.4. The summed E-state index contributed by atoms with van der Waals surface area (Å²) in [6.07, 6.45) is -0.844. The van der Waals surface area contributed by atoms with E-state index in [0.29, 0.717) is 6.54 Å². The van der Waals surface area contributed by atoms with Crippen molar-refractivity contribution < 1.29 is 19.7 Å². The second-order valence-electron chi connectivity index (χ2n) is 8.82. The Balaban J connectivity index is 1.37. The summed E-state index contributed by atoms with van der Waals surface area (Å²) >= 11 is 1.50. The third-order valence-electron chi connectivity index (χ3n) is 6.15. The lowest BCUT2D eigenvalue weighted by molar-refractivity contribution is -0.136. The Morgan fingerprint density at radius 3 is 2.57 bits per heavy atom. The summed E-state index contributed by atoms with van der Waals surface area (Å²) in [4.78, 5) is 18.5. The zero-order valence-electron chi connectivity index (χ0n) is 19.6. The van der Waals surface area contributed by atoms with E-state index in [1.54, 1.807) is 0 Å². The van der Waals surface area contributed by atoms with E-state index >= 15 is 0 Å².